The Bertz CT molecular complexity index is 373. The molecule has 1 saturated carbocycles. The minimum absolute atomic E-state index is 0.429. The van der Waals surface area contributed by atoms with Gasteiger partial charge in [-0.1, -0.05) is 54.2 Å². The zero-order chi connectivity index (χ0) is 14.2. The fraction of sp³-hybridized carbons (Fsp3) is 0.647. The van der Waals surface area contributed by atoms with Crippen LogP contribution in [0, 0.1) is 0 Å². The molecule has 1 aliphatic rings. The molecule has 20 heavy (non-hydrogen) atoms. The lowest BCUT2D eigenvalue weighted by atomic mass is 9.98. The first-order chi connectivity index (χ1) is 9.79. The summed E-state index contributed by atoms with van der Waals surface area (Å²) in [5.41, 5.74) is 1.35. The van der Waals surface area contributed by atoms with Crippen molar-refractivity contribution in [1.82, 2.24) is 5.32 Å². The van der Waals surface area contributed by atoms with E-state index < -0.39 is 0 Å². The smallest absolute Gasteiger partial charge is 0.0594 e. The van der Waals surface area contributed by atoms with E-state index in [2.05, 4.69) is 52.4 Å². The molecule has 1 N–H and O–H groups in total. The topological polar surface area (TPSA) is 21.3 Å². The van der Waals surface area contributed by atoms with Crippen molar-refractivity contribution in [1.29, 1.82) is 0 Å². The zero-order valence-corrected chi connectivity index (χ0v) is 14.0. The van der Waals surface area contributed by atoms with Crippen molar-refractivity contribution in [3.63, 3.8) is 0 Å². The first-order valence-electron chi connectivity index (χ1n) is 7.90. The van der Waals surface area contributed by atoms with E-state index in [1.807, 2.05) is 0 Å². The molecule has 1 aliphatic carbocycles. The van der Waals surface area contributed by atoms with E-state index in [9.17, 15) is 0 Å². The van der Waals surface area contributed by atoms with Gasteiger partial charge in [-0.3, -0.25) is 0 Å². The Labute approximate surface area is 131 Å². The maximum atomic E-state index is 5.96. The van der Waals surface area contributed by atoms with Crippen molar-refractivity contribution in [3.8, 4) is 0 Å². The predicted molar refractivity (Wildman–Crippen MR) is 88.0 cm³/mol. The maximum absolute atomic E-state index is 5.96. The van der Waals surface area contributed by atoms with Crippen LogP contribution in [0.1, 0.15) is 57.1 Å². The molecule has 0 amide bonds. The molecular weight excluding hydrogens is 314 g/mol. The van der Waals surface area contributed by atoms with Crippen molar-refractivity contribution >= 4 is 15.9 Å². The van der Waals surface area contributed by atoms with Crippen molar-refractivity contribution in [2.45, 2.75) is 57.6 Å². The Kier molecular flexibility index (Phi) is 7.05. The van der Waals surface area contributed by atoms with Gasteiger partial charge in [0.15, 0.2) is 0 Å². The van der Waals surface area contributed by atoms with Crippen LogP contribution in [0.15, 0.2) is 28.7 Å². The van der Waals surface area contributed by atoms with Crippen LogP contribution in [0.5, 0.6) is 0 Å². The summed E-state index contributed by atoms with van der Waals surface area (Å²) < 4.78 is 7.10. The van der Waals surface area contributed by atoms with Crippen LogP contribution in [0.4, 0.5) is 0 Å². The van der Waals surface area contributed by atoms with Gasteiger partial charge in [0.05, 0.1) is 12.7 Å². The largest absolute Gasteiger partial charge is 0.377 e. The maximum Gasteiger partial charge on any atom is 0.0594 e. The molecule has 112 valence electrons. The summed E-state index contributed by atoms with van der Waals surface area (Å²) in [5.74, 6) is 0. The molecule has 0 aliphatic heterocycles. The third kappa shape index (κ3) is 5.19. The van der Waals surface area contributed by atoms with Crippen molar-refractivity contribution in [2.75, 3.05) is 13.2 Å². The second-order valence-electron chi connectivity index (χ2n) is 5.60. The van der Waals surface area contributed by atoms with Crippen LogP contribution in [0.25, 0.3) is 0 Å². The molecule has 0 saturated heterocycles. The lowest BCUT2D eigenvalue weighted by Crippen LogP contribution is -2.27. The first-order valence-corrected chi connectivity index (χ1v) is 8.69. The average molecular weight is 340 g/mol. The Morgan fingerprint density at radius 1 is 1.20 bits per heavy atom. The van der Waals surface area contributed by atoms with Gasteiger partial charge in [-0.15, -0.1) is 0 Å². The molecule has 1 unspecified atom stereocenters. The quantitative estimate of drug-likeness (QED) is 0.717. The van der Waals surface area contributed by atoms with E-state index in [1.54, 1.807) is 0 Å². The molecule has 0 spiro atoms. The first kappa shape index (κ1) is 16.0. The van der Waals surface area contributed by atoms with Crippen molar-refractivity contribution in [2.24, 2.45) is 0 Å². The predicted octanol–water partition coefficient (Wildman–Crippen LogP) is 4.84. The Morgan fingerprint density at radius 2 is 1.90 bits per heavy atom. The summed E-state index contributed by atoms with van der Waals surface area (Å²) in [7, 11) is 0. The number of rotatable bonds is 7. The van der Waals surface area contributed by atoms with Gasteiger partial charge < -0.3 is 10.1 Å². The summed E-state index contributed by atoms with van der Waals surface area (Å²) in [5, 5.41) is 3.60. The number of ether oxygens (including phenoxy) is 1. The van der Waals surface area contributed by atoms with Crippen molar-refractivity contribution < 1.29 is 4.74 Å². The van der Waals surface area contributed by atoms with Crippen LogP contribution in [-0.2, 0) is 4.74 Å². The van der Waals surface area contributed by atoms with E-state index in [0.717, 1.165) is 24.0 Å². The molecule has 1 aromatic carbocycles. The van der Waals surface area contributed by atoms with Crippen molar-refractivity contribution in [3.05, 3.63) is 34.3 Å². The monoisotopic (exact) mass is 339 g/mol. The van der Waals surface area contributed by atoms with Gasteiger partial charge in [0.1, 0.15) is 0 Å². The fourth-order valence-corrected chi connectivity index (χ4v) is 3.15. The summed E-state index contributed by atoms with van der Waals surface area (Å²) in [6, 6.07) is 9.02. The number of hydrogen-bond acceptors (Lipinski definition) is 2. The highest BCUT2D eigenvalue weighted by molar-refractivity contribution is 9.10. The highest BCUT2D eigenvalue weighted by atomic mass is 79.9. The van der Waals surface area contributed by atoms with E-state index in [1.165, 1.54) is 37.7 Å². The molecule has 0 heterocycles. The normalized spacial score (nSPS) is 18.1. The third-order valence-corrected chi connectivity index (χ3v) is 4.61. The molecule has 1 atom stereocenters. The van der Waals surface area contributed by atoms with Crippen LogP contribution >= 0.6 is 15.9 Å². The van der Waals surface area contributed by atoms with E-state index in [0.29, 0.717) is 12.1 Å². The minimum Gasteiger partial charge on any atom is -0.377 e. The molecule has 2 rings (SSSR count). The van der Waals surface area contributed by atoms with Gasteiger partial charge in [0, 0.05) is 17.1 Å². The fourth-order valence-electron chi connectivity index (χ4n) is 2.88. The molecular formula is C17H26BrNO. The van der Waals surface area contributed by atoms with E-state index in [-0.39, 0.29) is 0 Å². The SMILES string of the molecule is CCC(NCCOC1CCCCC1)c1ccc(Br)cc1. The zero-order valence-electron chi connectivity index (χ0n) is 12.4. The summed E-state index contributed by atoms with van der Waals surface area (Å²) in [6.45, 7) is 3.99. The number of benzene rings is 1. The molecule has 2 nitrogen and oxygen atoms in total. The standard InChI is InChI=1S/C17H26BrNO/c1-2-17(14-8-10-15(18)11-9-14)19-12-13-20-16-6-4-3-5-7-16/h8-11,16-17,19H,2-7,12-13H2,1H3. The molecule has 0 radical (unpaired) electrons. The average Bonchev–Trinajstić information content (AvgIpc) is 2.50. The molecule has 1 fully saturated rings. The lowest BCUT2D eigenvalue weighted by Gasteiger charge is -2.23. The van der Waals surface area contributed by atoms with Crippen LogP contribution in [0.2, 0.25) is 0 Å². The molecule has 0 aromatic heterocycles. The molecule has 3 heteroatoms. The second kappa shape index (κ2) is 8.81. The molecule has 1 aromatic rings. The van der Waals surface area contributed by atoms with E-state index in [4.69, 9.17) is 4.74 Å². The van der Waals surface area contributed by atoms with Crippen LogP contribution in [-0.4, -0.2) is 19.3 Å². The number of nitrogens with one attached hydrogen (secondary N) is 1. The summed E-state index contributed by atoms with van der Waals surface area (Å²) in [6.07, 6.45) is 8.19. The Hall–Kier alpha value is -0.380. The summed E-state index contributed by atoms with van der Waals surface area (Å²) in [4.78, 5) is 0. The van der Waals surface area contributed by atoms with Crippen LogP contribution < -0.4 is 5.32 Å². The minimum atomic E-state index is 0.429. The van der Waals surface area contributed by atoms with Gasteiger partial charge in [-0.05, 0) is 37.0 Å². The highest BCUT2D eigenvalue weighted by Gasteiger charge is 2.13. The van der Waals surface area contributed by atoms with Gasteiger partial charge >= 0.3 is 0 Å². The van der Waals surface area contributed by atoms with E-state index >= 15 is 0 Å². The van der Waals surface area contributed by atoms with Gasteiger partial charge in [0.2, 0.25) is 0 Å². The van der Waals surface area contributed by atoms with Crippen LogP contribution in [0.3, 0.4) is 0 Å². The van der Waals surface area contributed by atoms with Gasteiger partial charge in [-0.2, -0.15) is 0 Å². The Morgan fingerprint density at radius 3 is 2.55 bits per heavy atom. The third-order valence-electron chi connectivity index (χ3n) is 4.08. The Balaban J connectivity index is 1.69. The second-order valence-corrected chi connectivity index (χ2v) is 6.51. The molecule has 0 bridgehead atoms. The summed E-state index contributed by atoms with van der Waals surface area (Å²) >= 11 is 3.48. The number of hydrogen-bond donors (Lipinski definition) is 1. The number of halogens is 1. The lowest BCUT2D eigenvalue weighted by molar-refractivity contribution is 0.0293. The highest BCUT2D eigenvalue weighted by Crippen LogP contribution is 2.21. The van der Waals surface area contributed by atoms with Gasteiger partial charge in [0.25, 0.3) is 0 Å². The van der Waals surface area contributed by atoms with Gasteiger partial charge in [-0.25, -0.2) is 0 Å².